The smallest absolute Gasteiger partial charge is 0.322 e. The van der Waals surface area contributed by atoms with Gasteiger partial charge in [0, 0.05) is 26.3 Å². The highest BCUT2D eigenvalue weighted by Gasteiger charge is 2.16. The molecule has 0 fully saturated rings. The molecule has 0 aliphatic heterocycles. The van der Waals surface area contributed by atoms with E-state index in [9.17, 15) is 13.2 Å². The number of carbonyl (C=O) groups excluding carboxylic acids is 1. The molecule has 0 aliphatic rings. The van der Waals surface area contributed by atoms with Gasteiger partial charge in [0.05, 0.1) is 4.90 Å². The maximum atomic E-state index is 12.5. The molecular weight excluding hydrogens is 520 g/mol. The molecule has 32 heavy (non-hydrogen) atoms. The van der Waals surface area contributed by atoms with Crippen molar-refractivity contribution >= 4 is 55.2 Å². The molecular formula is C21H14BrClN4O4S. The molecule has 0 saturated carbocycles. The quantitative estimate of drug-likeness (QED) is 0.352. The lowest BCUT2D eigenvalue weighted by Gasteiger charge is -2.09. The second kappa shape index (κ2) is 9.11. The molecule has 4 aromatic rings. The summed E-state index contributed by atoms with van der Waals surface area (Å²) < 4.78 is 33.7. The van der Waals surface area contributed by atoms with E-state index in [-0.39, 0.29) is 22.4 Å². The predicted octanol–water partition coefficient (Wildman–Crippen LogP) is 5.21. The summed E-state index contributed by atoms with van der Waals surface area (Å²) in [5.74, 6) is -0.220. The van der Waals surface area contributed by atoms with E-state index in [1.54, 1.807) is 12.1 Å². The van der Waals surface area contributed by atoms with E-state index in [2.05, 4.69) is 36.2 Å². The number of carbonyl (C=O) groups is 1. The van der Waals surface area contributed by atoms with Crippen LogP contribution >= 0.6 is 27.5 Å². The normalized spacial score (nSPS) is 11.2. The summed E-state index contributed by atoms with van der Waals surface area (Å²) >= 11 is 9.15. The largest absolute Gasteiger partial charge is 0.403 e. The van der Waals surface area contributed by atoms with Gasteiger partial charge in [-0.05, 0) is 72.8 Å². The van der Waals surface area contributed by atoms with E-state index in [0.29, 0.717) is 16.3 Å². The summed E-state index contributed by atoms with van der Waals surface area (Å²) in [6, 6.07) is 18.9. The summed E-state index contributed by atoms with van der Waals surface area (Å²) in [6.45, 7) is 0. The van der Waals surface area contributed by atoms with Gasteiger partial charge in [-0.25, -0.2) is 8.42 Å². The van der Waals surface area contributed by atoms with Crippen LogP contribution in [0.5, 0.6) is 0 Å². The number of benzene rings is 3. The first-order chi connectivity index (χ1) is 15.3. The third kappa shape index (κ3) is 5.16. The fourth-order valence-electron chi connectivity index (χ4n) is 2.67. The van der Waals surface area contributed by atoms with Gasteiger partial charge in [-0.2, -0.15) is 0 Å². The van der Waals surface area contributed by atoms with Crippen molar-refractivity contribution in [2.45, 2.75) is 4.90 Å². The van der Waals surface area contributed by atoms with Gasteiger partial charge >= 0.3 is 6.01 Å². The first kappa shape index (κ1) is 22.0. The Morgan fingerprint density at radius 1 is 0.906 bits per heavy atom. The van der Waals surface area contributed by atoms with Crippen molar-refractivity contribution < 1.29 is 17.6 Å². The van der Waals surface area contributed by atoms with Gasteiger partial charge < -0.3 is 4.42 Å². The molecule has 11 heteroatoms. The van der Waals surface area contributed by atoms with Gasteiger partial charge in [-0.15, -0.1) is 5.10 Å². The second-order valence-corrected chi connectivity index (χ2v) is 9.54. The summed E-state index contributed by atoms with van der Waals surface area (Å²) in [5.41, 5.74) is 1.29. The Morgan fingerprint density at radius 2 is 1.56 bits per heavy atom. The van der Waals surface area contributed by atoms with Crippen molar-refractivity contribution in [1.82, 2.24) is 10.2 Å². The SMILES string of the molecule is O=C(Nc1nnc(-c2ccc(Br)cc2)o1)c1ccc(NS(=O)(=O)c2ccc(Cl)cc2)cc1. The van der Waals surface area contributed by atoms with Crippen LogP contribution in [0.4, 0.5) is 11.7 Å². The van der Waals surface area contributed by atoms with Gasteiger partial charge in [-0.3, -0.25) is 14.8 Å². The second-order valence-electron chi connectivity index (χ2n) is 6.51. The maximum absolute atomic E-state index is 12.5. The van der Waals surface area contributed by atoms with Gasteiger partial charge in [0.25, 0.3) is 15.9 Å². The number of hydrogen-bond acceptors (Lipinski definition) is 6. The van der Waals surface area contributed by atoms with Gasteiger partial charge in [0.2, 0.25) is 5.89 Å². The monoisotopic (exact) mass is 532 g/mol. The van der Waals surface area contributed by atoms with Crippen molar-refractivity contribution in [3.8, 4) is 11.5 Å². The van der Waals surface area contributed by atoms with E-state index in [1.165, 1.54) is 48.5 Å². The molecule has 0 aliphatic carbocycles. The summed E-state index contributed by atoms with van der Waals surface area (Å²) in [5, 5.41) is 10.7. The number of hydrogen-bond donors (Lipinski definition) is 2. The minimum Gasteiger partial charge on any atom is -0.403 e. The number of nitrogens with one attached hydrogen (secondary N) is 2. The number of sulfonamides is 1. The minimum atomic E-state index is -3.78. The third-order valence-electron chi connectivity index (χ3n) is 4.26. The molecule has 4 rings (SSSR count). The summed E-state index contributed by atoms with van der Waals surface area (Å²) in [7, 11) is -3.78. The third-order valence-corrected chi connectivity index (χ3v) is 6.44. The van der Waals surface area contributed by atoms with Gasteiger partial charge in [0.1, 0.15) is 0 Å². The topological polar surface area (TPSA) is 114 Å². The number of halogens is 2. The Balaban J connectivity index is 1.42. The molecule has 0 unspecified atom stereocenters. The van der Waals surface area contributed by atoms with Crippen LogP contribution < -0.4 is 10.0 Å². The van der Waals surface area contributed by atoms with Gasteiger partial charge in [-0.1, -0.05) is 32.6 Å². The van der Waals surface area contributed by atoms with E-state index in [1.807, 2.05) is 12.1 Å². The maximum Gasteiger partial charge on any atom is 0.322 e. The number of anilines is 2. The molecule has 8 nitrogen and oxygen atoms in total. The molecule has 2 N–H and O–H groups in total. The molecule has 1 amide bonds. The average Bonchev–Trinajstić information content (AvgIpc) is 3.23. The zero-order chi connectivity index (χ0) is 22.7. The van der Waals surface area contributed by atoms with Crippen molar-refractivity contribution in [2.24, 2.45) is 0 Å². The van der Waals surface area contributed by atoms with Crippen LogP contribution in [-0.4, -0.2) is 24.5 Å². The number of nitrogens with zero attached hydrogens (tertiary/aromatic N) is 2. The molecule has 1 aromatic heterocycles. The molecule has 0 saturated heterocycles. The first-order valence-electron chi connectivity index (χ1n) is 9.09. The van der Waals surface area contributed by atoms with Crippen molar-refractivity contribution in [2.75, 3.05) is 10.0 Å². The first-order valence-corrected chi connectivity index (χ1v) is 11.7. The molecule has 162 valence electrons. The molecule has 0 spiro atoms. The molecule has 3 aromatic carbocycles. The van der Waals surface area contributed by atoms with Crippen molar-refractivity contribution in [3.63, 3.8) is 0 Å². The lowest BCUT2D eigenvalue weighted by atomic mass is 10.2. The lowest BCUT2D eigenvalue weighted by molar-refractivity contribution is 0.102. The molecule has 0 radical (unpaired) electrons. The summed E-state index contributed by atoms with van der Waals surface area (Å²) in [6.07, 6.45) is 0. The number of rotatable bonds is 6. The Morgan fingerprint density at radius 3 is 2.22 bits per heavy atom. The van der Waals surface area contributed by atoms with Crippen LogP contribution in [0.25, 0.3) is 11.5 Å². The van der Waals surface area contributed by atoms with Crippen molar-refractivity contribution in [3.05, 3.63) is 87.9 Å². The Kier molecular flexibility index (Phi) is 6.26. The fraction of sp³-hybridized carbons (Fsp3) is 0. The van der Waals surface area contributed by atoms with E-state index in [0.717, 1.165) is 4.47 Å². The number of aromatic nitrogens is 2. The molecule has 0 atom stereocenters. The Hall–Kier alpha value is -3.21. The highest BCUT2D eigenvalue weighted by Crippen LogP contribution is 2.23. The van der Waals surface area contributed by atoms with Crippen LogP contribution in [-0.2, 0) is 10.0 Å². The van der Waals surface area contributed by atoms with Crippen molar-refractivity contribution in [1.29, 1.82) is 0 Å². The summed E-state index contributed by atoms with van der Waals surface area (Å²) in [4.78, 5) is 12.5. The standard InChI is InChI=1S/C21H14BrClN4O4S/c22-15-5-1-14(2-6-15)20-25-26-21(31-20)24-19(28)13-3-9-17(10-4-13)27-32(29,30)18-11-7-16(23)8-12-18/h1-12,27H,(H,24,26,28). The van der Waals surface area contributed by atoms with E-state index < -0.39 is 15.9 Å². The van der Waals surface area contributed by atoms with Crippen LogP contribution in [0.1, 0.15) is 10.4 Å². The van der Waals surface area contributed by atoms with E-state index >= 15 is 0 Å². The van der Waals surface area contributed by atoms with Crippen LogP contribution in [0, 0.1) is 0 Å². The lowest BCUT2D eigenvalue weighted by Crippen LogP contribution is -2.14. The fourth-order valence-corrected chi connectivity index (χ4v) is 4.12. The predicted molar refractivity (Wildman–Crippen MR) is 124 cm³/mol. The zero-order valence-corrected chi connectivity index (χ0v) is 19.3. The highest BCUT2D eigenvalue weighted by molar-refractivity contribution is 9.10. The Bertz CT molecular complexity index is 1360. The highest BCUT2D eigenvalue weighted by atomic mass is 79.9. The van der Waals surface area contributed by atoms with Gasteiger partial charge in [0.15, 0.2) is 0 Å². The molecule has 0 bridgehead atoms. The number of amides is 1. The zero-order valence-electron chi connectivity index (χ0n) is 16.1. The molecule has 1 heterocycles. The van der Waals surface area contributed by atoms with Crippen LogP contribution in [0.2, 0.25) is 5.02 Å². The minimum absolute atomic E-state index is 0.0552. The van der Waals surface area contributed by atoms with E-state index in [4.69, 9.17) is 16.0 Å². The van der Waals surface area contributed by atoms with Crippen LogP contribution in [0.3, 0.4) is 0 Å². The Labute approximate surface area is 196 Å². The average molecular weight is 534 g/mol. The van der Waals surface area contributed by atoms with Crippen LogP contribution in [0.15, 0.2) is 86.6 Å².